The minimum atomic E-state index is 0.254. The fraction of sp³-hybridized carbons (Fsp3) is 0.167. The lowest BCUT2D eigenvalue weighted by molar-refractivity contribution is 0.474. The highest BCUT2D eigenvalue weighted by Crippen LogP contribution is 2.12. The largest absolute Gasteiger partial charge is 0.507 e. The molecule has 0 aliphatic carbocycles. The van der Waals surface area contributed by atoms with Gasteiger partial charge in [-0.25, -0.2) is 4.98 Å². The van der Waals surface area contributed by atoms with Gasteiger partial charge in [0.15, 0.2) is 0 Å². The Labute approximate surface area is 93.7 Å². The van der Waals surface area contributed by atoms with E-state index in [1.165, 1.54) is 0 Å². The first kappa shape index (κ1) is 10.4. The molecule has 4 heteroatoms. The lowest BCUT2D eigenvalue weighted by atomic mass is 10.2. The second kappa shape index (κ2) is 5.11. The van der Waals surface area contributed by atoms with Gasteiger partial charge < -0.3 is 10.1 Å². The van der Waals surface area contributed by atoms with Crippen molar-refractivity contribution >= 4 is 6.21 Å². The molecule has 0 spiro atoms. The quantitative estimate of drug-likeness (QED) is 0.763. The van der Waals surface area contributed by atoms with Gasteiger partial charge in [-0.2, -0.15) is 0 Å². The number of phenolic OH excluding ortho intramolecular Hbond substituents is 1. The van der Waals surface area contributed by atoms with Gasteiger partial charge in [-0.15, -0.1) is 0 Å². The number of rotatable bonds is 4. The van der Waals surface area contributed by atoms with Crippen LogP contribution in [-0.4, -0.2) is 27.8 Å². The Morgan fingerprint density at radius 3 is 3.00 bits per heavy atom. The van der Waals surface area contributed by atoms with E-state index in [4.69, 9.17) is 0 Å². The minimum absolute atomic E-state index is 0.254. The van der Waals surface area contributed by atoms with Gasteiger partial charge in [-0.3, -0.25) is 4.99 Å². The number of hydrogen-bond donors (Lipinski definition) is 2. The van der Waals surface area contributed by atoms with E-state index in [-0.39, 0.29) is 5.75 Å². The molecule has 0 fully saturated rings. The van der Waals surface area contributed by atoms with Crippen LogP contribution in [-0.2, 0) is 6.42 Å². The van der Waals surface area contributed by atoms with E-state index >= 15 is 0 Å². The van der Waals surface area contributed by atoms with Gasteiger partial charge >= 0.3 is 0 Å². The average Bonchev–Trinajstić information content (AvgIpc) is 2.79. The molecule has 0 radical (unpaired) electrons. The highest BCUT2D eigenvalue weighted by atomic mass is 16.3. The fourth-order valence-corrected chi connectivity index (χ4v) is 1.36. The Bertz CT molecular complexity index is 463. The van der Waals surface area contributed by atoms with Gasteiger partial charge in [0, 0.05) is 37.1 Å². The number of H-pyrrole nitrogens is 1. The zero-order chi connectivity index (χ0) is 11.2. The molecule has 2 N–H and O–H groups in total. The summed E-state index contributed by atoms with van der Waals surface area (Å²) < 4.78 is 0. The third-order valence-corrected chi connectivity index (χ3v) is 2.20. The van der Waals surface area contributed by atoms with Crippen molar-refractivity contribution in [1.82, 2.24) is 9.97 Å². The summed E-state index contributed by atoms with van der Waals surface area (Å²) in [6.07, 6.45) is 5.97. The Morgan fingerprint density at radius 1 is 1.38 bits per heavy atom. The molecule has 1 aromatic heterocycles. The maximum absolute atomic E-state index is 9.48. The minimum Gasteiger partial charge on any atom is -0.507 e. The van der Waals surface area contributed by atoms with Crippen LogP contribution in [0.4, 0.5) is 0 Å². The predicted molar refractivity (Wildman–Crippen MR) is 62.9 cm³/mol. The summed E-state index contributed by atoms with van der Waals surface area (Å²) in [7, 11) is 0. The molecule has 1 heterocycles. The maximum Gasteiger partial charge on any atom is 0.124 e. The zero-order valence-corrected chi connectivity index (χ0v) is 8.80. The highest BCUT2D eigenvalue weighted by Gasteiger charge is 1.95. The van der Waals surface area contributed by atoms with Gasteiger partial charge in [0.05, 0.1) is 0 Å². The van der Waals surface area contributed by atoms with Crippen molar-refractivity contribution in [3.63, 3.8) is 0 Å². The number of benzene rings is 1. The number of nitrogens with zero attached hydrogens (tertiary/aromatic N) is 2. The summed E-state index contributed by atoms with van der Waals surface area (Å²) in [5.41, 5.74) is 0.738. The summed E-state index contributed by atoms with van der Waals surface area (Å²) >= 11 is 0. The number of hydrogen-bond acceptors (Lipinski definition) is 3. The van der Waals surface area contributed by atoms with Crippen LogP contribution in [0, 0.1) is 0 Å². The Hall–Kier alpha value is -2.10. The van der Waals surface area contributed by atoms with E-state index in [0.717, 1.165) is 17.8 Å². The van der Waals surface area contributed by atoms with Crippen molar-refractivity contribution in [1.29, 1.82) is 0 Å². The number of aliphatic imine (C=N–C) groups is 1. The number of aromatic hydroxyl groups is 1. The van der Waals surface area contributed by atoms with Crippen molar-refractivity contribution in [3.05, 3.63) is 48.0 Å². The van der Waals surface area contributed by atoms with E-state index in [0.29, 0.717) is 6.54 Å². The molecular formula is C12H13N3O. The summed E-state index contributed by atoms with van der Waals surface area (Å²) in [4.78, 5) is 11.3. The highest BCUT2D eigenvalue weighted by molar-refractivity contribution is 5.83. The molecule has 0 aliphatic rings. The van der Waals surface area contributed by atoms with Crippen LogP contribution in [0.15, 0.2) is 41.7 Å². The number of phenols is 1. The van der Waals surface area contributed by atoms with Crippen molar-refractivity contribution in [2.45, 2.75) is 6.42 Å². The van der Waals surface area contributed by atoms with Crippen molar-refractivity contribution in [2.75, 3.05) is 6.54 Å². The molecular weight excluding hydrogens is 202 g/mol. The Morgan fingerprint density at radius 2 is 2.25 bits per heavy atom. The molecule has 0 bridgehead atoms. The van der Waals surface area contributed by atoms with Crippen LogP contribution < -0.4 is 0 Å². The topological polar surface area (TPSA) is 61.3 Å². The third kappa shape index (κ3) is 2.70. The predicted octanol–water partition coefficient (Wildman–Crippen LogP) is 1.78. The lowest BCUT2D eigenvalue weighted by Crippen LogP contribution is -1.92. The van der Waals surface area contributed by atoms with Gasteiger partial charge in [-0.05, 0) is 12.1 Å². The second-order valence-corrected chi connectivity index (χ2v) is 3.38. The molecule has 2 aromatic rings. The third-order valence-electron chi connectivity index (χ3n) is 2.20. The fourth-order valence-electron chi connectivity index (χ4n) is 1.36. The first-order valence-corrected chi connectivity index (χ1v) is 5.12. The van der Waals surface area contributed by atoms with Crippen LogP contribution in [0.5, 0.6) is 5.75 Å². The SMILES string of the molecule is Oc1ccccc1C=NCCc1ncc[nH]1. The average molecular weight is 215 g/mol. The zero-order valence-electron chi connectivity index (χ0n) is 8.80. The summed E-state index contributed by atoms with van der Waals surface area (Å²) in [5.74, 6) is 1.18. The van der Waals surface area contributed by atoms with Crippen LogP contribution in [0.1, 0.15) is 11.4 Å². The Kier molecular flexibility index (Phi) is 3.33. The Balaban J connectivity index is 1.88. The summed E-state index contributed by atoms with van der Waals surface area (Å²) in [6.45, 7) is 0.655. The lowest BCUT2D eigenvalue weighted by Gasteiger charge is -1.96. The normalized spacial score (nSPS) is 11.0. The van der Waals surface area contributed by atoms with E-state index in [2.05, 4.69) is 15.0 Å². The molecule has 1 aromatic carbocycles. The molecule has 0 atom stereocenters. The molecule has 82 valence electrons. The van der Waals surface area contributed by atoms with E-state index in [1.807, 2.05) is 12.1 Å². The molecule has 0 unspecified atom stereocenters. The molecule has 0 amide bonds. The smallest absolute Gasteiger partial charge is 0.124 e. The number of nitrogens with one attached hydrogen (secondary N) is 1. The molecule has 2 rings (SSSR count). The number of aromatic amines is 1. The number of imidazole rings is 1. The van der Waals surface area contributed by atoms with Crippen molar-refractivity contribution in [2.24, 2.45) is 4.99 Å². The van der Waals surface area contributed by atoms with Crippen LogP contribution >= 0.6 is 0 Å². The van der Waals surface area contributed by atoms with E-state index in [9.17, 15) is 5.11 Å². The summed E-state index contributed by atoms with van der Waals surface area (Å²) in [5, 5.41) is 9.48. The monoisotopic (exact) mass is 215 g/mol. The van der Waals surface area contributed by atoms with Crippen molar-refractivity contribution in [3.8, 4) is 5.75 Å². The molecule has 16 heavy (non-hydrogen) atoms. The van der Waals surface area contributed by atoms with Gasteiger partial charge in [-0.1, -0.05) is 12.1 Å². The van der Waals surface area contributed by atoms with Gasteiger partial charge in [0.25, 0.3) is 0 Å². The molecule has 0 aliphatic heterocycles. The van der Waals surface area contributed by atoms with E-state index < -0.39 is 0 Å². The first-order chi connectivity index (χ1) is 7.86. The maximum atomic E-state index is 9.48. The molecule has 4 nitrogen and oxygen atoms in total. The summed E-state index contributed by atoms with van der Waals surface area (Å²) in [6, 6.07) is 7.13. The van der Waals surface area contributed by atoms with E-state index in [1.54, 1.807) is 30.7 Å². The van der Waals surface area contributed by atoms with Crippen LogP contribution in [0.3, 0.4) is 0 Å². The number of aromatic nitrogens is 2. The van der Waals surface area contributed by atoms with Crippen LogP contribution in [0.2, 0.25) is 0 Å². The molecule has 0 saturated carbocycles. The van der Waals surface area contributed by atoms with Gasteiger partial charge in [0.2, 0.25) is 0 Å². The van der Waals surface area contributed by atoms with Gasteiger partial charge in [0.1, 0.15) is 11.6 Å². The molecule has 0 saturated heterocycles. The van der Waals surface area contributed by atoms with Crippen LogP contribution in [0.25, 0.3) is 0 Å². The van der Waals surface area contributed by atoms with Crippen molar-refractivity contribution < 1.29 is 5.11 Å². The number of para-hydroxylation sites is 1. The standard InChI is InChI=1S/C12H13N3O/c16-11-4-2-1-3-10(11)9-13-6-5-12-14-7-8-15-12/h1-4,7-9,16H,5-6H2,(H,14,15). The first-order valence-electron chi connectivity index (χ1n) is 5.12. The second-order valence-electron chi connectivity index (χ2n) is 3.38.